The fourth-order valence-electron chi connectivity index (χ4n) is 4.88. The van der Waals surface area contributed by atoms with Crippen LogP contribution in [0.2, 0.25) is 0 Å². The number of benzene rings is 1. The Balaban J connectivity index is 1.46. The van der Waals surface area contributed by atoms with Gasteiger partial charge in [-0.2, -0.15) is 13.2 Å². The molecule has 1 aromatic carbocycles. The molecule has 2 aliphatic rings. The monoisotopic (exact) mass is 465 g/mol. The smallest absolute Gasteiger partial charge is 0.431 e. The van der Waals surface area contributed by atoms with Gasteiger partial charge in [0, 0.05) is 37.4 Å². The zero-order valence-corrected chi connectivity index (χ0v) is 19.2. The number of hydrogen-bond donors (Lipinski definition) is 1. The quantitative estimate of drug-likeness (QED) is 0.748. The number of carbonyl (C=O) groups excluding carboxylic acids is 1. The Labute approximate surface area is 191 Å². The van der Waals surface area contributed by atoms with Crippen molar-refractivity contribution in [3.05, 3.63) is 53.3 Å². The van der Waals surface area contributed by atoms with Gasteiger partial charge in [-0.15, -0.1) is 0 Å². The van der Waals surface area contributed by atoms with Gasteiger partial charge in [-0.05, 0) is 70.1 Å². The number of halogens is 3. The minimum Gasteiger partial charge on any atom is -0.491 e. The number of likely N-dealkylation sites (tertiary alicyclic amines) is 1. The fourth-order valence-corrected chi connectivity index (χ4v) is 4.88. The number of alkyl halides is 3. The van der Waals surface area contributed by atoms with Crippen LogP contribution >= 0.6 is 0 Å². The molecule has 0 radical (unpaired) electrons. The normalized spacial score (nSPS) is 18.9. The van der Waals surface area contributed by atoms with Gasteiger partial charge in [0.2, 0.25) is 0 Å². The fraction of sp³-hybridized carbons (Fsp3) is 0.542. The molecule has 0 saturated carbocycles. The number of ether oxygens (including phenoxy) is 1. The van der Waals surface area contributed by atoms with Crippen molar-refractivity contribution in [2.45, 2.75) is 50.6 Å². The second-order valence-electron chi connectivity index (χ2n) is 9.62. The van der Waals surface area contributed by atoms with Gasteiger partial charge < -0.3 is 19.3 Å². The molecule has 0 atom stereocenters. The van der Waals surface area contributed by atoms with E-state index in [9.17, 15) is 23.1 Å². The summed E-state index contributed by atoms with van der Waals surface area (Å²) in [6.45, 7) is 5.21. The van der Waals surface area contributed by atoms with E-state index in [1.807, 2.05) is 7.05 Å². The van der Waals surface area contributed by atoms with E-state index in [0.29, 0.717) is 56.0 Å². The first-order valence-corrected chi connectivity index (χ1v) is 11.1. The van der Waals surface area contributed by atoms with Crippen LogP contribution in [-0.4, -0.2) is 64.3 Å². The van der Waals surface area contributed by atoms with E-state index in [1.54, 1.807) is 49.1 Å². The standard InChI is InChI=1S/C24H30F3N3O3/c1-22(2,32)16-33-18-6-4-17(5-7-18)21(31)29-12-10-23(11-13-29)19-8-9-20(24(25,26)27)30(19)15-14-28(23)3/h4-9,32H,10-16H2,1-3H3. The maximum Gasteiger partial charge on any atom is 0.431 e. The summed E-state index contributed by atoms with van der Waals surface area (Å²) in [6.07, 6.45) is -3.23. The van der Waals surface area contributed by atoms with Gasteiger partial charge in [0.1, 0.15) is 18.1 Å². The van der Waals surface area contributed by atoms with Crippen molar-refractivity contribution in [2.75, 3.05) is 33.3 Å². The van der Waals surface area contributed by atoms with E-state index in [1.165, 1.54) is 10.6 Å². The van der Waals surface area contributed by atoms with Crippen molar-refractivity contribution in [1.29, 1.82) is 0 Å². The lowest BCUT2D eigenvalue weighted by molar-refractivity contribution is -0.144. The number of fused-ring (bicyclic) bond motifs is 2. The molecule has 2 aliphatic heterocycles. The summed E-state index contributed by atoms with van der Waals surface area (Å²) in [4.78, 5) is 16.9. The maximum atomic E-state index is 13.4. The Kier molecular flexibility index (Phi) is 5.99. The third-order valence-corrected chi connectivity index (χ3v) is 6.71. The molecule has 1 amide bonds. The predicted molar refractivity (Wildman–Crippen MR) is 117 cm³/mol. The Hall–Kier alpha value is -2.52. The first kappa shape index (κ1) is 23.6. The molecule has 33 heavy (non-hydrogen) atoms. The molecule has 0 aliphatic carbocycles. The van der Waals surface area contributed by atoms with E-state index < -0.39 is 23.0 Å². The molecule has 1 aromatic heterocycles. The SMILES string of the molecule is CN1CCn2c(C(F)(F)F)ccc2C12CCN(C(=O)c1ccc(OCC(C)(C)O)cc1)CC2. The molecule has 0 unspecified atom stereocenters. The number of carbonyl (C=O) groups is 1. The number of amides is 1. The van der Waals surface area contributed by atoms with Crippen LogP contribution in [0.1, 0.15) is 48.4 Å². The second kappa shape index (κ2) is 8.36. The number of piperidine rings is 1. The Morgan fingerprint density at radius 3 is 2.24 bits per heavy atom. The van der Waals surface area contributed by atoms with Crippen LogP contribution in [0.15, 0.2) is 36.4 Å². The Morgan fingerprint density at radius 1 is 1.03 bits per heavy atom. The summed E-state index contributed by atoms with van der Waals surface area (Å²) in [5.41, 5.74) is -0.848. The summed E-state index contributed by atoms with van der Waals surface area (Å²) in [6, 6.07) is 9.56. The minimum absolute atomic E-state index is 0.108. The highest BCUT2D eigenvalue weighted by Crippen LogP contribution is 2.44. The Morgan fingerprint density at radius 2 is 1.67 bits per heavy atom. The van der Waals surface area contributed by atoms with E-state index in [2.05, 4.69) is 4.90 Å². The first-order chi connectivity index (χ1) is 15.4. The van der Waals surface area contributed by atoms with Crippen LogP contribution in [0, 0.1) is 0 Å². The lowest BCUT2D eigenvalue weighted by atomic mass is 9.81. The molecular formula is C24H30F3N3O3. The molecule has 1 N–H and O–H groups in total. The third-order valence-electron chi connectivity index (χ3n) is 6.71. The molecule has 1 spiro atoms. The summed E-state index contributed by atoms with van der Waals surface area (Å²) < 4.78 is 47.3. The van der Waals surface area contributed by atoms with Crippen molar-refractivity contribution in [1.82, 2.24) is 14.4 Å². The molecule has 4 rings (SSSR count). The molecule has 6 nitrogen and oxygen atoms in total. The van der Waals surface area contributed by atoms with Gasteiger partial charge in [0.05, 0.1) is 11.1 Å². The van der Waals surface area contributed by atoms with Gasteiger partial charge in [-0.1, -0.05) is 0 Å². The average molecular weight is 466 g/mol. The van der Waals surface area contributed by atoms with E-state index in [4.69, 9.17) is 4.74 Å². The van der Waals surface area contributed by atoms with Gasteiger partial charge in [-0.3, -0.25) is 9.69 Å². The van der Waals surface area contributed by atoms with Gasteiger partial charge in [0.15, 0.2) is 0 Å². The zero-order valence-electron chi connectivity index (χ0n) is 19.2. The average Bonchev–Trinajstić information content (AvgIpc) is 3.21. The number of likely N-dealkylation sites (N-methyl/N-ethyl adjacent to an activating group) is 1. The number of hydrogen-bond acceptors (Lipinski definition) is 4. The zero-order chi connectivity index (χ0) is 24.0. The van der Waals surface area contributed by atoms with Crippen LogP contribution in [-0.2, 0) is 18.3 Å². The molecule has 1 saturated heterocycles. The van der Waals surface area contributed by atoms with E-state index >= 15 is 0 Å². The molecule has 1 fully saturated rings. The molecule has 9 heteroatoms. The largest absolute Gasteiger partial charge is 0.491 e. The highest BCUT2D eigenvalue weighted by molar-refractivity contribution is 5.94. The molecular weight excluding hydrogens is 435 g/mol. The summed E-state index contributed by atoms with van der Waals surface area (Å²) in [7, 11) is 1.95. The van der Waals surface area contributed by atoms with Crippen LogP contribution < -0.4 is 4.74 Å². The third kappa shape index (κ3) is 4.61. The highest BCUT2D eigenvalue weighted by atomic mass is 19.4. The van der Waals surface area contributed by atoms with Crippen LogP contribution in [0.3, 0.4) is 0 Å². The number of nitrogens with zero attached hydrogens (tertiary/aromatic N) is 3. The van der Waals surface area contributed by atoms with Crippen LogP contribution in [0.5, 0.6) is 5.75 Å². The molecule has 3 heterocycles. The number of rotatable bonds is 4. The first-order valence-electron chi connectivity index (χ1n) is 11.1. The van der Waals surface area contributed by atoms with E-state index in [-0.39, 0.29) is 12.5 Å². The lowest BCUT2D eigenvalue weighted by Crippen LogP contribution is -2.56. The molecule has 180 valence electrons. The minimum atomic E-state index is -4.38. The number of aliphatic hydroxyl groups is 1. The van der Waals surface area contributed by atoms with E-state index in [0.717, 1.165) is 0 Å². The Bertz CT molecular complexity index is 1000. The van der Waals surface area contributed by atoms with Crippen molar-refractivity contribution in [3.63, 3.8) is 0 Å². The summed E-state index contributed by atoms with van der Waals surface area (Å²) >= 11 is 0. The summed E-state index contributed by atoms with van der Waals surface area (Å²) in [5, 5.41) is 9.77. The topological polar surface area (TPSA) is 57.9 Å². The number of aromatic nitrogens is 1. The van der Waals surface area contributed by atoms with Crippen molar-refractivity contribution >= 4 is 5.91 Å². The lowest BCUT2D eigenvalue weighted by Gasteiger charge is -2.50. The molecule has 0 bridgehead atoms. The van der Waals surface area contributed by atoms with Gasteiger partial charge in [-0.25, -0.2) is 0 Å². The summed E-state index contributed by atoms with van der Waals surface area (Å²) in [5.74, 6) is 0.458. The van der Waals surface area contributed by atoms with Gasteiger partial charge in [0.25, 0.3) is 5.91 Å². The van der Waals surface area contributed by atoms with Crippen molar-refractivity contribution < 1.29 is 27.8 Å². The second-order valence-corrected chi connectivity index (χ2v) is 9.62. The maximum absolute atomic E-state index is 13.4. The van der Waals surface area contributed by atoms with Crippen LogP contribution in [0.4, 0.5) is 13.2 Å². The van der Waals surface area contributed by atoms with Gasteiger partial charge >= 0.3 is 6.18 Å². The van der Waals surface area contributed by atoms with Crippen molar-refractivity contribution in [2.24, 2.45) is 0 Å². The van der Waals surface area contributed by atoms with Crippen LogP contribution in [0.25, 0.3) is 0 Å². The highest BCUT2D eigenvalue weighted by Gasteiger charge is 2.47. The predicted octanol–water partition coefficient (Wildman–Crippen LogP) is 3.73. The van der Waals surface area contributed by atoms with Crippen molar-refractivity contribution in [3.8, 4) is 5.75 Å². The molecule has 2 aromatic rings.